The molecule has 0 aliphatic carbocycles. The van der Waals surface area contributed by atoms with Crippen LogP contribution in [0, 0.1) is 0 Å². The summed E-state index contributed by atoms with van der Waals surface area (Å²) in [5.41, 5.74) is 0. The monoisotopic (exact) mass is 245 g/mol. The lowest BCUT2D eigenvalue weighted by Gasteiger charge is -2.23. The molecule has 0 aromatic carbocycles. The summed E-state index contributed by atoms with van der Waals surface area (Å²) >= 11 is 0. The van der Waals surface area contributed by atoms with Crippen molar-refractivity contribution in [3.63, 3.8) is 0 Å². The van der Waals surface area contributed by atoms with Gasteiger partial charge >= 0.3 is 5.97 Å². The van der Waals surface area contributed by atoms with Gasteiger partial charge in [-0.15, -0.1) is 0 Å². The Labute approximate surface area is 100 Å². The van der Waals surface area contributed by atoms with Gasteiger partial charge in [0.05, 0.1) is 12.7 Å². The summed E-state index contributed by atoms with van der Waals surface area (Å²) in [6, 6.07) is 0. The van der Waals surface area contributed by atoms with E-state index in [0.717, 1.165) is 25.9 Å². The van der Waals surface area contributed by atoms with E-state index < -0.39 is 18.0 Å². The topological polar surface area (TPSA) is 84.9 Å². The Hall–Kier alpha value is -1.14. The van der Waals surface area contributed by atoms with Gasteiger partial charge in [0.25, 0.3) is 0 Å². The number of ether oxygens (including phenoxy) is 2. The smallest absolute Gasteiger partial charge is 0.322 e. The molecule has 2 N–H and O–H groups in total. The number of hydrogen-bond acceptors (Lipinski definition) is 4. The van der Waals surface area contributed by atoms with Crippen molar-refractivity contribution in [2.45, 2.75) is 38.4 Å². The first kappa shape index (κ1) is 13.9. The molecule has 1 heterocycles. The fourth-order valence-electron chi connectivity index (χ4n) is 1.57. The average molecular weight is 245 g/mol. The maximum absolute atomic E-state index is 11.4. The summed E-state index contributed by atoms with van der Waals surface area (Å²) < 4.78 is 10.8. The predicted molar refractivity (Wildman–Crippen MR) is 59.7 cm³/mol. The van der Waals surface area contributed by atoms with Crippen LogP contribution >= 0.6 is 0 Å². The van der Waals surface area contributed by atoms with Crippen molar-refractivity contribution in [2.75, 3.05) is 19.8 Å². The van der Waals surface area contributed by atoms with Gasteiger partial charge in [-0.2, -0.15) is 0 Å². The maximum atomic E-state index is 11.4. The second-order valence-corrected chi connectivity index (χ2v) is 4.08. The SMILES string of the molecule is CC(OCC1CCCCO1)C(=O)NCC(=O)O. The predicted octanol–water partition coefficient (Wildman–Crippen LogP) is 0.161. The van der Waals surface area contributed by atoms with Crippen molar-refractivity contribution in [1.82, 2.24) is 5.32 Å². The highest BCUT2D eigenvalue weighted by molar-refractivity contribution is 5.84. The van der Waals surface area contributed by atoms with E-state index in [1.54, 1.807) is 6.92 Å². The summed E-state index contributed by atoms with van der Waals surface area (Å²) in [6.07, 6.45) is 2.54. The molecular formula is C11H19NO5. The fourth-order valence-corrected chi connectivity index (χ4v) is 1.57. The minimum atomic E-state index is -1.07. The van der Waals surface area contributed by atoms with Crippen molar-refractivity contribution in [3.05, 3.63) is 0 Å². The lowest BCUT2D eigenvalue weighted by Crippen LogP contribution is -2.39. The number of hydrogen-bond donors (Lipinski definition) is 2. The Kier molecular flexibility index (Phi) is 5.93. The number of amides is 1. The van der Waals surface area contributed by atoms with Crippen LogP contribution in [-0.4, -0.2) is 48.9 Å². The molecule has 98 valence electrons. The van der Waals surface area contributed by atoms with Crippen molar-refractivity contribution < 1.29 is 24.2 Å². The third-order valence-corrected chi connectivity index (χ3v) is 2.59. The molecule has 1 saturated heterocycles. The van der Waals surface area contributed by atoms with E-state index in [1.165, 1.54) is 0 Å². The summed E-state index contributed by atoms with van der Waals surface area (Å²) in [6.45, 7) is 2.34. The van der Waals surface area contributed by atoms with Crippen LogP contribution in [0.15, 0.2) is 0 Å². The minimum Gasteiger partial charge on any atom is -0.480 e. The van der Waals surface area contributed by atoms with E-state index in [2.05, 4.69) is 5.32 Å². The molecule has 0 aromatic heterocycles. The number of rotatable bonds is 6. The Bertz CT molecular complexity index is 263. The number of carbonyl (C=O) groups is 2. The van der Waals surface area contributed by atoms with Crippen LogP contribution in [0.2, 0.25) is 0 Å². The number of nitrogens with one attached hydrogen (secondary N) is 1. The average Bonchev–Trinajstić information content (AvgIpc) is 2.34. The zero-order valence-electron chi connectivity index (χ0n) is 9.98. The minimum absolute atomic E-state index is 0.0541. The fraction of sp³-hybridized carbons (Fsp3) is 0.818. The molecule has 0 saturated carbocycles. The maximum Gasteiger partial charge on any atom is 0.322 e. The molecule has 6 heteroatoms. The van der Waals surface area contributed by atoms with Gasteiger partial charge in [-0.25, -0.2) is 0 Å². The first-order valence-corrected chi connectivity index (χ1v) is 5.82. The van der Waals surface area contributed by atoms with Gasteiger partial charge in [-0.1, -0.05) is 0 Å². The highest BCUT2D eigenvalue weighted by Gasteiger charge is 2.18. The van der Waals surface area contributed by atoms with Gasteiger partial charge in [0, 0.05) is 6.61 Å². The summed E-state index contributed by atoms with van der Waals surface area (Å²) in [5, 5.41) is 10.7. The van der Waals surface area contributed by atoms with Gasteiger partial charge in [-0.05, 0) is 26.2 Å². The molecular weight excluding hydrogens is 226 g/mol. The highest BCUT2D eigenvalue weighted by atomic mass is 16.5. The molecule has 1 aliphatic heterocycles. The molecule has 0 spiro atoms. The molecule has 1 rings (SSSR count). The number of carboxylic acid groups (broad SMARTS) is 1. The van der Waals surface area contributed by atoms with E-state index in [0.29, 0.717) is 6.61 Å². The van der Waals surface area contributed by atoms with Gasteiger partial charge < -0.3 is 19.9 Å². The van der Waals surface area contributed by atoms with Gasteiger partial charge in [-0.3, -0.25) is 9.59 Å². The van der Waals surface area contributed by atoms with E-state index in [-0.39, 0.29) is 12.6 Å². The van der Waals surface area contributed by atoms with Crippen molar-refractivity contribution >= 4 is 11.9 Å². The molecule has 17 heavy (non-hydrogen) atoms. The molecule has 0 bridgehead atoms. The van der Waals surface area contributed by atoms with Crippen molar-refractivity contribution in [1.29, 1.82) is 0 Å². The Morgan fingerprint density at radius 1 is 1.53 bits per heavy atom. The van der Waals surface area contributed by atoms with Gasteiger partial charge in [0.15, 0.2) is 0 Å². The molecule has 0 aromatic rings. The Morgan fingerprint density at radius 3 is 2.88 bits per heavy atom. The largest absolute Gasteiger partial charge is 0.480 e. The van der Waals surface area contributed by atoms with Crippen molar-refractivity contribution in [2.24, 2.45) is 0 Å². The first-order valence-electron chi connectivity index (χ1n) is 5.82. The highest BCUT2D eigenvalue weighted by Crippen LogP contribution is 2.13. The molecule has 6 nitrogen and oxygen atoms in total. The lowest BCUT2D eigenvalue weighted by atomic mass is 10.1. The van der Waals surface area contributed by atoms with Crippen LogP contribution in [0.3, 0.4) is 0 Å². The van der Waals surface area contributed by atoms with Crippen molar-refractivity contribution in [3.8, 4) is 0 Å². The standard InChI is InChI=1S/C11H19NO5/c1-8(11(15)12-6-10(13)14)17-7-9-4-2-3-5-16-9/h8-9H,2-7H2,1H3,(H,12,15)(H,13,14). The molecule has 0 radical (unpaired) electrons. The lowest BCUT2D eigenvalue weighted by molar-refractivity contribution is -0.141. The number of carbonyl (C=O) groups excluding carboxylic acids is 1. The summed E-state index contributed by atoms with van der Waals surface area (Å²) in [4.78, 5) is 21.6. The van der Waals surface area contributed by atoms with Gasteiger partial charge in [0.1, 0.15) is 12.6 Å². The third kappa shape index (κ3) is 5.65. The quantitative estimate of drug-likeness (QED) is 0.696. The van der Waals surface area contributed by atoms with E-state index >= 15 is 0 Å². The zero-order valence-corrected chi connectivity index (χ0v) is 9.98. The van der Waals surface area contributed by atoms with Gasteiger partial charge in [0.2, 0.25) is 5.91 Å². The molecule has 1 amide bonds. The normalized spacial score (nSPS) is 21.8. The zero-order chi connectivity index (χ0) is 12.7. The van der Waals surface area contributed by atoms with Crippen LogP contribution in [0.25, 0.3) is 0 Å². The van der Waals surface area contributed by atoms with Crippen LogP contribution in [0.4, 0.5) is 0 Å². The number of aliphatic carboxylic acids is 1. The van der Waals surface area contributed by atoms with E-state index in [1.807, 2.05) is 0 Å². The second-order valence-electron chi connectivity index (χ2n) is 4.08. The molecule has 1 fully saturated rings. The second kappa shape index (κ2) is 7.24. The van der Waals surface area contributed by atoms with Crippen LogP contribution in [0.5, 0.6) is 0 Å². The molecule has 2 unspecified atom stereocenters. The Balaban J connectivity index is 2.16. The van der Waals surface area contributed by atoms with Crippen LogP contribution in [-0.2, 0) is 19.1 Å². The summed E-state index contributed by atoms with van der Waals surface area (Å²) in [5.74, 6) is -1.48. The van der Waals surface area contributed by atoms with Crippen LogP contribution < -0.4 is 5.32 Å². The molecule has 2 atom stereocenters. The third-order valence-electron chi connectivity index (χ3n) is 2.59. The summed E-state index contributed by atoms with van der Waals surface area (Å²) in [7, 11) is 0. The number of carboxylic acids is 1. The Morgan fingerprint density at radius 2 is 2.29 bits per heavy atom. The van der Waals surface area contributed by atoms with E-state index in [9.17, 15) is 9.59 Å². The van der Waals surface area contributed by atoms with E-state index in [4.69, 9.17) is 14.6 Å². The first-order chi connectivity index (χ1) is 8.09. The molecule has 1 aliphatic rings. The van der Waals surface area contributed by atoms with Crippen LogP contribution in [0.1, 0.15) is 26.2 Å².